The standard InChI is InChI=1S/C26H30N6O/c1-2-3-10-22-27-26(15-6-7-16-26)23-25(33-23)32(22)17-18-11-13-19(14-12-18)20-8-4-5-9-21(20)24-28-30-31-29-24/h4-5,8-9,11-14,23,25H,2-3,6-7,10,15-17H2,1H3,(H,28,29,30,31). The van der Waals surface area contributed by atoms with Gasteiger partial charge in [-0.25, -0.2) is 0 Å². The minimum atomic E-state index is 0.0625. The molecule has 2 aromatic carbocycles. The summed E-state index contributed by atoms with van der Waals surface area (Å²) in [6, 6.07) is 17.0. The molecular weight excluding hydrogens is 412 g/mol. The maximum absolute atomic E-state index is 6.25. The summed E-state index contributed by atoms with van der Waals surface area (Å²) in [5, 5.41) is 14.6. The SMILES string of the molecule is CCCCC1=NC2(CCCC2)C2OC2N1Cc1ccc(-c2ccccc2-c2nn[nH]n2)cc1. The van der Waals surface area contributed by atoms with Crippen molar-refractivity contribution in [3.63, 3.8) is 0 Å². The normalized spacial score (nSPS) is 22.9. The highest BCUT2D eigenvalue weighted by Gasteiger charge is 2.61. The number of H-pyrrole nitrogens is 1. The summed E-state index contributed by atoms with van der Waals surface area (Å²) in [6.07, 6.45) is 8.82. The molecule has 170 valence electrons. The Balaban J connectivity index is 1.25. The Morgan fingerprint density at radius 3 is 2.58 bits per heavy atom. The fraction of sp³-hybridized carbons (Fsp3) is 0.462. The number of benzene rings is 2. The van der Waals surface area contributed by atoms with Crippen LogP contribution in [-0.2, 0) is 11.3 Å². The summed E-state index contributed by atoms with van der Waals surface area (Å²) in [5.41, 5.74) is 4.55. The molecule has 0 bridgehead atoms. The van der Waals surface area contributed by atoms with Crippen LogP contribution in [0.25, 0.3) is 22.5 Å². The highest BCUT2D eigenvalue weighted by molar-refractivity contribution is 5.84. The van der Waals surface area contributed by atoms with Crippen molar-refractivity contribution in [2.24, 2.45) is 4.99 Å². The Morgan fingerprint density at radius 2 is 1.85 bits per heavy atom. The van der Waals surface area contributed by atoms with Gasteiger partial charge in [-0.3, -0.25) is 4.99 Å². The van der Waals surface area contributed by atoms with E-state index in [-0.39, 0.29) is 17.9 Å². The van der Waals surface area contributed by atoms with Gasteiger partial charge in [-0.1, -0.05) is 74.7 Å². The van der Waals surface area contributed by atoms with E-state index in [2.05, 4.69) is 62.8 Å². The Kier molecular flexibility index (Phi) is 5.21. The van der Waals surface area contributed by atoms with Crippen molar-refractivity contribution in [1.82, 2.24) is 25.5 Å². The lowest BCUT2D eigenvalue weighted by atomic mass is 9.91. The largest absolute Gasteiger partial charge is 0.345 e. The Labute approximate surface area is 194 Å². The average molecular weight is 443 g/mol. The predicted octanol–water partition coefficient (Wildman–Crippen LogP) is 4.98. The number of ether oxygens (including phenoxy) is 1. The highest BCUT2D eigenvalue weighted by atomic mass is 16.6. The van der Waals surface area contributed by atoms with E-state index in [9.17, 15) is 0 Å². The molecule has 1 N–H and O–H groups in total. The number of fused-ring (bicyclic) bond motifs is 2. The van der Waals surface area contributed by atoms with E-state index >= 15 is 0 Å². The molecule has 6 rings (SSSR count). The van der Waals surface area contributed by atoms with Crippen LogP contribution in [0.3, 0.4) is 0 Å². The molecule has 1 spiro atoms. The zero-order chi connectivity index (χ0) is 22.3. The number of aliphatic imine (C=N–C) groups is 1. The van der Waals surface area contributed by atoms with E-state index < -0.39 is 0 Å². The van der Waals surface area contributed by atoms with Crippen LogP contribution >= 0.6 is 0 Å². The monoisotopic (exact) mass is 442 g/mol. The number of aromatic nitrogens is 4. The molecule has 1 aromatic heterocycles. The van der Waals surface area contributed by atoms with Crippen molar-refractivity contribution in [3.05, 3.63) is 54.1 Å². The molecule has 0 radical (unpaired) electrons. The molecule has 33 heavy (non-hydrogen) atoms. The van der Waals surface area contributed by atoms with Crippen LogP contribution < -0.4 is 0 Å². The molecule has 0 amide bonds. The lowest BCUT2D eigenvalue weighted by Crippen LogP contribution is -2.46. The highest BCUT2D eigenvalue weighted by Crippen LogP contribution is 2.50. The third-order valence-corrected chi connectivity index (χ3v) is 7.34. The lowest BCUT2D eigenvalue weighted by Gasteiger charge is -2.35. The molecule has 2 atom stereocenters. The van der Waals surface area contributed by atoms with Crippen LogP contribution in [0, 0.1) is 0 Å². The molecule has 1 saturated carbocycles. The van der Waals surface area contributed by atoms with Crippen LogP contribution in [0.1, 0.15) is 57.4 Å². The number of amidine groups is 1. The number of nitrogens with zero attached hydrogens (tertiary/aromatic N) is 5. The lowest BCUT2D eigenvalue weighted by molar-refractivity contribution is 0.249. The number of hydrogen-bond acceptors (Lipinski definition) is 6. The Morgan fingerprint density at radius 1 is 1.06 bits per heavy atom. The van der Waals surface area contributed by atoms with Gasteiger partial charge in [0.1, 0.15) is 11.9 Å². The third-order valence-electron chi connectivity index (χ3n) is 7.34. The maximum Gasteiger partial charge on any atom is 0.205 e. The van der Waals surface area contributed by atoms with Gasteiger partial charge in [0.25, 0.3) is 0 Å². The first kappa shape index (κ1) is 20.5. The van der Waals surface area contributed by atoms with Gasteiger partial charge in [-0.2, -0.15) is 5.21 Å². The summed E-state index contributed by atoms with van der Waals surface area (Å²) < 4.78 is 6.25. The van der Waals surface area contributed by atoms with Crippen molar-refractivity contribution in [3.8, 4) is 22.5 Å². The van der Waals surface area contributed by atoms with Crippen LogP contribution in [0.2, 0.25) is 0 Å². The summed E-state index contributed by atoms with van der Waals surface area (Å²) >= 11 is 0. The minimum absolute atomic E-state index is 0.0625. The molecule has 1 saturated heterocycles. The maximum atomic E-state index is 6.25. The summed E-state index contributed by atoms with van der Waals surface area (Å²) in [4.78, 5) is 7.77. The van der Waals surface area contributed by atoms with Crippen LogP contribution in [-0.4, -0.2) is 49.2 Å². The van der Waals surface area contributed by atoms with Gasteiger partial charge in [0.15, 0.2) is 6.23 Å². The number of tetrazole rings is 1. The van der Waals surface area contributed by atoms with E-state index in [0.717, 1.165) is 29.7 Å². The van der Waals surface area contributed by atoms with E-state index in [1.54, 1.807) is 0 Å². The van der Waals surface area contributed by atoms with E-state index in [1.165, 1.54) is 49.9 Å². The summed E-state index contributed by atoms with van der Waals surface area (Å²) in [5.74, 6) is 1.86. The fourth-order valence-corrected chi connectivity index (χ4v) is 5.56. The third kappa shape index (κ3) is 3.74. The second-order valence-corrected chi connectivity index (χ2v) is 9.50. The molecule has 7 nitrogen and oxygen atoms in total. The number of epoxide rings is 1. The van der Waals surface area contributed by atoms with Gasteiger partial charge >= 0.3 is 0 Å². The Hall–Kier alpha value is -3.06. The van der Waals surface area contributed by atoms with Crippen molar-refractivity contribution >= 4 is 5.84 Å². The smallest absolute Gasteiger partial charge is 0.205 e. The molecule has 3 heterocycles. The molecule has 3 aromatic rings. The van der Waals surface area contributed by atoms with Crippen molar-refractivity contribution in [2.45, 2.75) is 76.3 Å². The van der Waals surface area contributed by atoms with Crippen molar-refractivity contribution in [2.75, 3.05) is 0 Å². The van der Waals surface area contributed by atoms with E-state index in [4.69, 9.17) is 9.73 Å². The first-order valence-electron chi connectivity index (χ1n) is 12.2. The van der Waals surface area contributed by atoms with Crippen molar-refractivity contribution < 1.29 is 4.74 Å². The molecular formula is C26H30N6O. The molecule has 2 aliphatic heterocycles. The molecule has 2 unspecified atom stereocenters. The first-order chi connectivity index (χ1) is 16.3. The number of nitrogens with one attached hydrogen (secondary N) is 1. The van der Waals surface area contributed by atoms with Crippen LogP contribution in [0.4, 0.5) is 0 Å². The van der Waals surface area contributed by atoms with Gasteiger partial charge in [-0.05, 0) is 41.2 Å². The van der Waals surface area contributed by atoms with Gasteiger partial charge in [0.05, 0.1) is 5.54 Å². The Bertz CT molecular complexity index is 1130. The van der Waals surface area contributed by atoms with Crippen molar-refractivity contribution in [1.29, 1.82) is 0 Å². The zero-order valence-corrected chi connectivity index (χ0v) is 19.1. The number of unbranched alkanes of at least 4 members (excludes halogenated alkanes) is 1. The minimum Gasteiger partial charge on any atom is -0.345 e. The topological polar surface area (TPSA) is 82.6 Å². The second kappa shape index (κ2) is 8.37. The summed E-state index contributed by atoms with van der Waals surface area (Å²) in [7, 11) is 0. The van der Waals surface area contributed by atoms with E-state index in [0.29, 0.717) is 5.82 Å². The zero-order valence-electron chi connectivity index (χ0n) is 19.1. The van der Waals surface area contributed by atoms with Crippen LogP contribution in [0.5, 0.6) is 0 Å². The van der Waals surface area contributed by atoms with Gasteiger partial charge < -0.3 is 9.64 Å². The van der Waals surface area contributed by atoms with Gasteiger partial charge in [0, 0.05) is 18.5 Å². The van der Waals surface area contributed by atoms with Gasteiger partial charge in [0.2, 0.25) is 5.82 Å². The molecule has 3 aliphatic rings. The first-order valence-corrected chi connectivity index (χ1v) is 12.2. The van der Waals surface area contributed by atoms with E-state index in [1.807, 2.05) is 18.2 Å². The number of hydrogen-bond donors (Lipinski definition) is 1. The molecule has 2 fully saturated rings. The molecule has 7 heteroatoms. The fourth-order valence-electron chi connectivity index (χ4n) is 5.56. The average Bonchev–Trinajstić information content (AvgIpc) is 3.26. The predicted molar refractivity (Wildman–Crippen MR) is 127 cm³/mol. The second-order valence-electron chi connectivity index (χ2n) is 9.50. The number of rotatable bonds is 7. The van der Waals surface area contributed by atoms with Gasteiger partial charge in [-0.15, -0.1) is 10.2 Å². The van der Waals surface area contributed by atoms with Crippen LogP contribution in [0.15, 0.2) is 53.5 Å². The number of aromatic amines is 1. The summed E-state index contributed by atoms with van der Waals surface area (Å²) in [6.45, 7) is 3.09. The molecule has 1 aliphatic carbocycles. The quantitative estimate of drug-likeness (QED) is 0.522.